The zero-order chi connectivity index (χ0) is 23.3. The van der Waals surface area contributed by atoms with Crippen LogP contribution in [0.25, 0.3) is 33.5 Å². The molecule has 172 valence electrons. The van der Waals surface area contributed by atoms with Crippen molar-refractivity contribution in [2.45, 2.75) is 32.4 Å². The van der Waals surface area contributed by atoms with Crippen LogP contribution < -0.4 is 15.2 Å². The molecular weight excluding hydrogens is 438 g/mol. The highest BCUT2D eigenvalue weighted by Gasteiger charge is 2.26. The van der Waals surface area contributed by atoms with Crippen molar-refractivity contribution in [3.8, 4) is 22.9 Å². The smallest absolute Gasteiger partial charge is 0.346 e. The van der Waals surface area contributed by atoms with Crippen LogP contribution in [0.4, 0.5) is 14.8 Å². The summed E-state index contributed by atoms with van der Waals surface area (Å²) >= 11 is 0. The highest BCUT2D eigenvalue weighted by atomic mass is 19.1. The summed E-state index contributed by atoms with van der Waals surface area (Å²) in [6.45, 7) is 2.54. The van der Waals surface area contributed by atoms with Gasteiger partial charge in [-0.25, -0.2) is 18.6 Å². The fourth-order valence-corrected chi connectivity index (χ4v) is 3.97. The van der Waals surface area contributed by atoms with Crippen LogP contribution in [0, 0.1) is 11.6 Å². The molecule has 0 amide bonds. The first-order chi connectivity index (χ1) is 15.9. The Morgan fingerprint density at radius 3 is 2.85 bits per heavy atom. The maximum atomic E-state index is 15.4. The molecule has 0 saturated heterocycles. The average molecular weight is 458 g/mol. The monoisotopic (exact) mass is 458 g/mol. The molecule has 1 aliphatic rings. The summed E-state index contributed by atoms with van der Waals surface area (Å²) in [5.74, 6) is -1.14. The van der Waals surface area contributed by atoms with E-state index >= 15 is 4.39 Å². The van der Waals surface area contributed by atoms with Crippen molar-refractivity contribution in [2.75, 3.05) is 19.5 Å². The lowest BCUT2D eigenvalue weighted by molar-refractivity contribution is -0.147. The highest BCUT2D eigenvalue weighted by molar-refractivity contribution is 5.90. The molecule has 1 atom stereocenters. The normalized spacial score (nSPS) is 14.5. The molecule has 5 rings (SSSR count). The Balaban J connectivity index is 1.71. The summed E-state index contributed by atoms with van der Waals surface area (Å²) < 4.78 is 53.1. The van der Waals surface area contributed by atoms with Crippen LogP contribution in [0.5, 0.6) is 11.5 Å². The van der Waals surface area contributed by atoms with Gasteiger partial charge in [-0.3, -0.25) is 0 Å². The number of anilines is 1. The van der Waals surface area contributed by atoms with Crippen molar-refractivity contribution in [3.05, 3.63) is 29.8 Å². The minimum absolute atomic E-state index is 0.0820. The van der Waals surface area contributed by atoms with Gasteiger partial charge in [-0.1, -0.05) is 0 Å². The molecule has 2 aromatic heterocycles. The molecule has 33 heavy (non-hydrogen) atoms. The Kier molecular flexibility index (Phi) is 5.03. The second-order valence-electron chi connectivity index (χ2n) is 7.66. The lowest BCUT2D eigenvalue weighted by atomic mass is 10.1. The molecule has 0 unspecified atom stereocenters. The van der Waals surface area contributed by atoms with Gasteiger partial charge in [-0.15, -0.1) is 0 Å². The maximum absolute atomic E-state index is 15.4. The van der Waals surface area contributed by atoms with Gasteiger partial charge >= 0.3 is 5.97 Å². The number of halogens is 2. The molecule has 0 bridgehead atoms. The van der Waals surface area contributed by atoms with Gasteiger partial charge < -0.3 is 28.9 Å². The summed E-state index contributed by atoms with van der Waals surface area (Å²) in [4.78, 5) is 20.1. The zero-order valence-corrected chi connectivity index (χ0v) is 17.9. The lowest BCUT2D eigenvalue weighted by Gasteiger charge is -2.18. The highest BCUT2D eigenvalue weighted by Crippen LogP contribution is 2.39. The number of aromatic nitrogens is 3. The molecule has 11 heteroatoms. The molecular formula is C22H20F2N4O5. The number of esters is 1. The average Bonchev–Trinajstić information content (AvgIpc) is 3.34. The van der Waals surface area contributed by atoms with E-state index in [1.807, 2.05) is 0 Å². The minimum Gasteiger partial charge on any atom is -0.491 e. The molecule has 0 aliphatic carbocycles. The number of carbonyl (C=O) groups is 1. The molecule has 9 nitrogen and oxygen atoms in total. The van der Waals surface area contributed by atoms with E-state index in [0.29, 0.717) is 35.7 Å². The molecule has 2 aromatic carbocycles. The molecule has 0 saturated carbocycles. The summed E-state index contributed by atoms with van der Waals surface area (Å²) in [5.41, 5.74) is 5.81. The first-order valence-corrected chi connectivity index (χ1v) is 10.3. The van der Waals surface area contributed by atoms with Crippen molar-refractivity contribution in [1.82, 2.24) is 14.5 Å². The van der Waals surface area contributed by atoms with Crippen LogP contribution >= 0.6 is 0 Å². The second-order valence-corrected chi connectivity index (χ2v) is 7.66. The van der Waals surface area contributed by atoms with E-state index in [2.05, 4.69) is 9.97 Å². The van der Waals surface area contributed by atoms with E-state index in [0.717, 1.165) is 18.9 Å². The van der Waals surface area contributed by atoms with Crippen LogP contribution in [0.1, 0.15) is 19.8 Å². The molecule has 0 spiro atoms. The Labute approximate surface area is 186 Å². The van der Waals surface area contributed by atoms with Crippen LogP contribution in [0.2, 0.25) is 0 Å². The number of fused-ring (bicyclic) bond motifs is 1. The molecule has 2 N–H and O–H groups in total. The number of imidazole rings is 1. The number of methoxy groups -OCH3 is 1. The number of benzene rings is 2. The standard InChI is InChI=1S/C22H20F2N4O5/c1-10(21(29)30-2)32-11-7-14-18-15(8-11)31-6-4-3-5-28(18)20(26-14)12-9-13(23)19-17(16(12)24)27-22(25)33-19/h7-10H,3-6H2,1-2H3,(H2,25,27)/t10-/m0/s1. The van der Waals surface area contributed by atoms with E-state index in [1.54, 1.807) is 23.6 Å². The fourth-order valence-electron chi connectivity index (χ4n) is 3.97. The van der Waals surface area contributed by atoms with Gasteiger partial charge in [0, 0.05) is 18.7 Å². The number of nitrogens with two attached hydrogens (primary N) is 1. The van der Waals surface area contributed by atoms with Crippen LogP contribution in [0.3, 0.4) is 0 Å². The van der Waals surface area contributed by atoms with E-state index in [4.69, 9.17) is 24.4 Å². The second kappa shape index (κ2) is 7.91. The van der Waals surface area contributed by atoms with Crippen molar-refractivity contribution in [1.29, 1.82) is 0 Å². The van der Waals surface area contributed by atoms with Gasteiger partial charge in [0.25, 0.3) is 6.01 Å². The third kappa shape index (κ3) is 3.49. The SMILES string of the molecule is COC(=O)[C@H](C)Oc1cc2c3c(c1)nc(-c1cc(F)c4oc(N)nc4c1F)n3CCCCO2. The summed E-state index contributed by atoms with van der Waals surface area (Å²) in [7, 11) is 1.27. The quantitative estimate of drug-likeness (QED) is 0.459. The van der Waals surface area contributed by atoms with Gasteiger partial charge in [0.1, 0.15) is 22.8 Å². The van der Waals surface area contributed by atoms with E-state index in [-0.39, 0.29) is 28.5 Å². The zero-order valence-electron chi connectivity index (χ0n) is 17.9. The maximum Gasteiger partial charge on any atom is 0.346 e. The first-order valence-electron chi connectivity index (χ1n) is 10.3. The number of hydrogen-bond acceptors (Lipinski definition) is 8. The van der Waals surface area contributed by atoms with Crippen LogP contribution in [0.15, 0.2) is 22.6 Å². The van der Waals surface area contributed by atoms with Gasteiger partial charge in [0.2, 0.25) is 0 Å². The van der Waals surface area contributed by atoms with Crippen molar-refractivity contribution < 1.29 is 32.2 Å². The summed E-state index contributed by atoms with van der Waals surface area (Å²) in [5, 5.41) is 0. The number of aryl methyl sites for hydroxylation is 1. The number of oxazole rings is 1. The predicted octanol–water partition coefficient (Wildman–Crippen LogP) is 3.82. The number of nitrogen functional groups attached to an aromatic ring is 1. The van der Waals surface area contributed by atoms with E-state index in [9.17, 15) is 9.18 Å². The van der Waals surface area contributed by atoms with Crippen molar-refractivity contribution in [3.63, 3.8) is 0 Å². The Morgan fingerprint density at radius 2 is 2.06 bits per heavy atom. The van der Waals surface area contributed by atoms with Gasteiger partial charge in [0.05, 0.1) is 24.8 Å². The van der Waals surface area contributed by atoms with Crippen molar-refractivity contribution >= 4 is 34.1 Å². The Morgan fingerprint density at radius 1 is 1.24 bits per heavy atom. The third-order valence-electron chi connectivity index (χ3n) is 5.48. The lowest BCUT2D eigenvalue weighted by Crippen LogP contribution is -2.24. The Bertz CT molecular complexity index is 1400. The number of ether oxygens (including phenoxy) is 3. The number of carbonyl (C=O) groups excluding carboxylic acids is 1. The van der Waals surface area contributed by atoms with Gasteiger partial charge in [-0.05, 0) is 25.8 Å². The largest absolute Gasteiger partial charge is 0.491 e. The first kappa shape index (κ1) is 21.0. The Hall–Kier alpha value is -3.89. The van der Waals surface area contributed by atoms with E-state index in [1.165, 1.54) is 7.11 Å². The number of hydrogen-bond donors (Lipinski definition) is 1. The van der Waals surface area contributed by atoms with Crippen LogP contribution in [-0.2, 0) is 16.1 Å². The van der Waals surface area contributed by atoms with Crippen molar-refractivity contribution in [2.24, 2.45) is 0 Å². The van der Waals surface area contributed by atoms with Gasteiger partial charge in [-0.2, -0.15) is 4.98 Å². The van der Waals surface area contributed by atoms with Crippen LogP contribution in [-0.4, -0.2) is 40.3 Å². The summed E-state index contributed by atoms with van der Waals surface area (Å²) in [6, 6.07) is 3.95. The molecule has 4 aromatic rings. The topological polar surface area (TPSA) is 115 Å². The molecule has 3 heterocycles. The van der Waals surface area contributed by atoms with Gasteiger partial charge in [0.15, 0.2) is 28.8 Å². The minimum atomic E-state index is -0.860. The number of rotatable bonds is 4. The fraction of sp³-hybridized carbons (Fsp3) is 0.318. The predicted molar refractivity (Wildman–Crippen MR) is 114 cm³/mol. The summed E-state index contributed by atoms with van der Waals surface area (Å²) in [6.07, 6.45) is 0.637. The molecule has 1 aliphatic heterocycles. The van der Waals surface area contributed by atoms with E-state index < -0.39 is 23.7 Å². The third-order valence-corrected chi connectivity index (χ3v) is 5.48. The molecule has 0 fully saturated rings. The number of nitrogens with zero attached hydrogens (tertiary/aromatic N) is 3. The molecule has 0 radical (unpaired) electrons.